The molecule has 2 heterocycles. The number of nitrogens with one attached hydrogen (secondary N) is 1. The van der Waals surface area contributed by atoms with E-state index >= 15 is 0 Å². The lowest BCUT2D eigenvalue weighted by atomic mass is 10.1. The van der Waals surface area contributed by atoms with Crippen LogP contribution in [0, 0.1) is 0 Å². The van der Waals surface area contributed by atoms with E-state index in [1.54, 1.807) is 6.33 Å². The van der Waals surface area contributed by atoms with Crippen LogP contribution in [0.25, 0.3) is 11.0 Å². The number of rotatable bonds is 6. The number of aromatic nitrogens is 3. The van der Waals surface area contributed by atoms with Gasteiger partial charge in [0, 0.05) is 19.0 Å². The van der Waals surface area contributed by atoms with E-state index in [4.69, 9.17) is 4.52 Å². The standard InChI is InChI=1S/C17H20N4O2/c1-12(2)15-9-13(23-20-15)10-18-17(22)7-8-21-11-19-14-5-3-4-6-16(14)21/h3-6,9,11-12H,7-8,10H2,1-2H3,(H,18,22). The lowest BCUT2D eigenvalue weighted by molar-refractivity contribution is -0.121. The quantitative estimate of drug-likeness (QED) is 0.759. The van der Waals surface area contributed by atoms with Gasteiger partial charge in [0.05, 0.1) is 29.6 Å². The summed E-state index contributed by atoms with van der Waals surface area (Å²) < 4.78 is 7.19. The van der Waals surface area contributed by atoms with Crippen LogP contribution in [0.4, 0.5) is 0 Å². The van der Waals surface area contributed by atoms with Crippen molar-refractivity contribution in [2.45, 2.75) is 39.3 Å². The van der Waals surface area contributed by atoms with Crippen LogP contribution in [0.3, 0.4) is 0 Å². The fourth-order valence-corrected chi connectivity index (χ4v) is 2.37. The average Bonchev–Trinajstić information content (AvgIpc) is 3.18. The lowest BCUT2D eigenvalue weighted by Gasteiger charge is -2.05. The van der Waals surface area contributed by atoms with Crippen LogP contribution in [0.5, 0.6) is 0 Å². The van der Waals surface area contributed by atoms with Crippen molar-refractivity contribution in [3.8, 4) is 0 Å². The number of fused-ring (bicyclic) bond motifs is 1. The molecule has 0 aliphatic heterocycles. The maximum Gasteiger partial charge on any atom is 0.222 e. The third-order valence-corrected chi connectivity index (χ3v) is 3.74. The largest absolute Gasteiger partial charge is 0.359 e. The van der Waals surface area contributed by atoms with E-state index in [1.807, 2.05) is 34.9 Å². The molecular formula is C17H20N4O2. The molecule has 3 aromatic rings. The molecule has 0 atom stereocenters. The van der Waals surface area contributed by atoms with Gasteiger partial charge in [-0.25, -0.2) is 4.98 Å². The molecule has 3 rings (SSSR count). The predicted octanol–water partition coefficient (Wildman–Crippen LogP) is 2.85. The topological polar surface area (TPSA) is 73.0 Å². The van der Waals surface area contributed by atoms with Crippen molar-refractivity contribution in [3.63, 3.8) is 0 Å². The molecule has 0 saturated carbocycles. The van der Waals surface area contributed by atoms with Crippen LogP contribution in [0.1, 0.15) is 37.6 Å². The molecule has 0 spiro atoms. The number of para-hydroxylation sites is 2. The molecule has 0 unspecified atom stereocenters. The number of amides is 1. The molecule has 0 aliphatic rings. The van der Waals surface area contributed by atoms with Crippen molar-refractivity contribution >= 4 is 16.9 Å². The van der Waals surface area contributed by atoms with E-state index in [-0.39, 0.29) is 5.91 Å². The van der Waals surface area contributed by atoms with Gasteiger partial charge < -0.3 is 14.4 Å². The molecule has 0 bridgehead atoms. The summed E-state index contributed by atoms with van der Waals surface area (Å²) in [5.41, 5.74) is 2.88. The maximum atomic E-state index is 12.0. The van der Waals surface area contributed by atoms with E-state index in [0.29, 0.717) is 31.2 Å². The van der Waals surface area contributed by atoms with Gasteiger partial charge in [-0.2, -0.15) is 0 Å². The first kappa shape index (κ1) is 15.3. The minimum absolute atomic E-state index is 0.0229. The van der Waals surface area contributed by atoms with Crippen molar-refractivity contribution in [2.24, 2.45) is 0 Å². The summed E-state index contributed by atoms with van der Waals surface area (Å²) in [6.07, 6.45) is 2.16. The Morgan fingerprint density at radius 3 is 2.96 bits per heavy atom. The highest BCUT2D eigenvalue weighted by molar-refractivity contribution is 5.77. The van der Waals surface area contributed by atoms with Crippen molar-refractivity contribution < 1.29 is 9.32 Å². The van der Waals surface area contributed by atoms with Gasteiger partial charge >= 0.3 is 0 Å². The van der Waals surface area contributed by atoms with E-state index in [9.17, 15) is 4.79 Å². The van der Waals surface area contributed by atoms with E-state index in [1.165, 1.54) is 0 Å². The number of aryl methyl sites for hydroxylation is 1. The second-order valence-corrected chi connectivity index (χ2v) is 5.83. The molecule has 0 aliphatic carbocycles. The lowest BCUT2D eigenvalue weighted by Crippen LogP contribution is -2.23. The van der Waals surface area contributed by atoms with Crippen molar-refractivity contribution in [3.05, 3.63) is 48.1 Å². The van der Waals surface area contributed by atoms with Crippen LogP contribution in [0.15, 0.2) is 41.2 Å². The van der Waals surface area contributed by atoms with Crippen LogP contribution in [0.2, 0.25) is 0 Å². The SMILES string of the molecule is CC(C)c1cc(CNC(=O)CCn2cnc3ccccc32)on1. The third-order valence-electron chi connectivity index (χ3n) is 3.74. The molecule has 6 nitrogen and oxygen atoms in total. The van der Waals surface area contributed by atoms with Gasteiger partial charge in [-0.15, -0.1) is 0 Å². The maximum absolute atomic E-state index is 12.0. The van der Waals surface area contributed by atoms with Gasteiger partial charge in [0.1, 0.15) is 0 Å². The highest BCUT2D eigenvalue weighted by atomic mass is 16.5. The summed E-state index contributed by atoms with van der Waals surface area (Å²) in [5, 5.41) is 6.83. The Morgan fingerprint density at radius 1 is 1.35 bits per heavy atom. The first-order valence-corrected chi connectivity index (χ1v) is 7.75. The molecule has 0 radical (unpaired) electrons. The van der Waals surface area contributed by atoms with Gasteiger partial charge in [0.2, 0.25) is 5.91 Å². The summed E-state index contributed by atoms with van der Waals surface area (Å²) in [6.45, 7) is 5.06. The Labute approximate surface area is 134 Å². The Hall–Kier alpha value is -2.63. The molecule has 1 amide bonds. The third kappa shape index (κ3) is 3.59. The summed E-state index contributed by atoms with van der Waals surface area (Å²) in [6, 6.07) is 9.77. The second-order valence-electron chi connectivity index (χ2n) is 5.83. The highest BCUT2D eigenvalue weighted by Gasteiger charge is 2.09. The summed E-state index contributed by atoms with van der Waals surface area (Å²) in [4.78, 5) is 16.3. The second kappa shape index (κ2) is 6.64. The van der Waals surface area contributed by atoms with Crippen LogP contribution in [-0.2, 0) is 17.9 Å². The number of nitrogens with zero attached hydrogens (tertiary/aromatic N) is 3. The zero-order chi connectivity index (χ0) is 16.2. The molecule has 1 N–H and O–H groups in total. The molecule has 2 aromatic heterocycles. The molecule has 120 valence electrons. The Bertz CT molecular complexity index is 804. The Balaban J connectivity index is 1.51. The molecule has 0 fully saturated rings. The Kier molecular flexibility index (Phi) is 4.41. The molecule has 23 heavy (non-hydrogen) atoms. The molecular weight excluding hydrogens is 292 g/mol. The summed E-state index contributed by atoms with van der Waals surface area (Å²) in [5.74, 6) is 0.970. The molecule has 0 saturated heterocycles. The van der Waals surface area contributed by atoms with Crippen LogP contribution >= 0.6 is 0 Å². The fraction of sp³-hybridized carbons (Fsp3) is 0.353. The van der Waals surface area contributed by atoms with Crippen molar-refractivity contribution in [1.82, 2.24) is 20.0 Å². The van der Waals surface area contributed by atoms with E-state index in [2.05, 4.69) is 29.3 Å². The van der Waals surface area contributed by atoms with Crippen LogP contribution < -0.4 is 5.32 Å². The average molecular weight is 312 g/mol. The minimum atomic E-state index is -0.0229. The van der Waals surface area contributed by atoms with Crippen molar-refractivity contribution in [1.29, 1.82) is 0 Å². The highest BCUT2D eigenvalue weighted by Crippen LogP contribution is 2.14. The number of carbonyl (C=O) groups excluding carboxylic acids is 1. The number of hydrogen-bond acceptors (Lipinski definition) is 4. The molecule has 1 aromatic carbocycles. The zero-order valence-electron chi connectivity index (χ0n) is 13.3. The van der Waals surface area contributed by atoms with Crippen molar-refractivity contribution in [2.75, 3.05) is 0 Å². The molecule has 6 heteroatoms. The van der Waals surface area contributed by atoms with Gasteiger partial charge in [0.15, 0.2) is 5.76 Å². The first-order chi connectivity index (χ1) is 11.1. The predicted molar refractivity (Wildman–Crippen MR) is 86.8 cm³/mol. The van der Waals surface area contributed by atoms with Gasteiger partial charge in [-0.1, -0.05) is 31.1 Å². The first-order valence-electron chi connectivity index (χ1n) is 7.75. The minimum Gasteiger partial charge on any atom is -0.359 e. The number of imidazole rings is 1. The number of carbonyl (C=O) groups is 1. The fourth-order valence-electron chi connectivity index (χ4n) is 2.37. The van der Waals surface area contributed by atoms with E-state index < -0.39 is 0 Å². The van der Waals surface area contributed by atoms with Gasteiger partial charge in [0.25, 0.3) is 0 Å². The monoisotopic (exact) mass is 312 g/mol. The van der Waals surface area contributed by atoms with Gasteiger partial charge in [-0.05, 0) is 18.1 Å². The normalized spacial score (nSPS) is 11.3. The number of benzene rings is 1. The number of hydrogen-bond donors (Lipinski definition) is 1. The zero-order valence-corrected chi connectivity index (χ0v) is 13.3. The van der Waals surface area contributed by atoms with Gasteiger partial charge in [-0.3, -0.25) is 4.79 Å². The summed E-state index contributed by atoms with van der Waals surface area (Å²) in [7, 11) is 0. The summed E-state index contributed by atoms with van der Waals surface area (Å²) >= 11 is 0. The van der Waals surface area contributed by atoms with E-state index in [0.717, 1.165) is 16.7 Å². The smallest absolute Gasteiger partial charge is 0.222 e. The Morgan fingerprint density at radius 2 is 2.17 bits per heavy atom. The van der Waals surface area contributed by atoms with Crippen LogP contribution in [-0.4, -0.2) is 20.6 Å².